The van der Waals surface area contributed by atoms with Crippen molar-refractivity contribution < 1.29 is 14.7 Å². The average Bonchev–Trinajstić information content (AvgIpc) is 2.85. The summed E-state index contributed by atoms with van der Waals surface area (Å²) in [5.41, 5.74) is 0.0111. The molecule has 21 heavy (non-hydrogen) atoms. The van der Waals surface area contributed by atoms with E-state index in [9.17, 15) is 9.59 Å². The first-order valence-electron chi connectivity index (χ1n) is 7.12. The molecule has 1 amide bonds. The van der Waals surface area contributed by atoms with E-state index >= 15 is 0 Å². The largest absolute Gasteiger partial charge is 0.481 e. The van der Waals surface area contributed by atoms with Gasteiger partial charge in [-0.2, -0.15) is 0 Å². The Morgan fingerprint density at radius 1 is 1.38 bits per heavy atom. The molecule has 1 aromatic carbocycles. The third-order valence-corrected chi connectivity index (χ3v) is 4.46. The quantitative estimate of drug-likeness (QED) is 0.930. The van der Waals surface area contributed by atoms with Crippen LogP contribution in [0.15, 0.2) is 24.3 Å². The van der Waals surface area contributed by atoms with Crippen LogP contribution in [0.3, 0.4) is 0 Å². The molecule has 4 nitrogen and oxygen atoms in total. The van der Waals surface area contributed by atoms with E-state index in [-0.39, 0.29) is 18.4 Å². The number of hydrogen-bond acceptors (Lipinski definition) is 2. The van der Waals surface area contributed by atoms with Crippen molar-refractivity contribution in [2.75, 3.05) is 6.54 Å². The summed E-state index contributed by atoms with van der Waals surface area (Å²) >= 11 is 6.22. The number of aliphatic carboxylic acids is 1. The predicted octanol–water partition coefficient (Wildman–Crippen LogP) is 3.08. The molecule has 0 bridgehead atoms. The van der Waals surface area contributed by atoms with Crippen LogP contribution in [0.1, 0.15) is 38.7 Å². The second kappa shape index (κ2) is 6.06. The zero-order chi connectivity index (χ0) is 15.6. The summed E-state index contributed by atoms with van der Waals surface area (Å²) in [6.45, 7) is 4.30. The molecule has 114 valence electrons. The van der Waals surface area contributed by atoms with Crippen LogP contribution in [-0.2, 0) is 15.0 Å². The number of nitrogens with zero attached hydrogens (tertiary/aromatic N) is 1. The highest BCUT2D eigenvalue weighted by Gasteiger charge is 2.40. The van der Waals surface area contributed by atoms with Gasteiger partial charge in [0, 0.05) is 17.6 Å². The summed E-state index contributed by atoms with van der Waals surface area (Å²) < 4.78 is 0. The molecule has 0 aromatic heterocycles. The number of carbonyl (C=O) groups excluding carboxylic acids is 1. The van der Waals surface area contributed by atoms with Crippen molar-refractivity contribution in [3.8, 4) is 0 Å². The average molecular weight is 310 g/mol. The number of hydrogen-bond donors (Lipinski definition) is 1. The maximum atomic E-state index is 12.9. The molecule has 1 aliphatic rings. The molecule has 1 saturated heterocycles. The number of halogens is 1. The lowest BCUT2D eigenvalue weighted by Gasteiger charge is -2.33. The molecule has 1 unspecified atom stereocenters. The monoisotopic (exact) mass is 309 g/mol. The lowest BCUT2D eigenvalue weighted by atomic mass is 9.83. The Hall–Kier alpha value is -1.55. The molecule has 1 aromatic rings. The summed E-state index contributed by atoms with van der Waals surface area (Å²) in [6.07, 6.45) is 1.60. The third kappa shape index (κ3) is 3.21. The summed E-state index contributed by atoms with van der Waals surface area (Å²) in [7, 11) is 0. The smallest absolute Gasteiger partial charge is 0.305 e. The van der Waals surface area contributed by atoms with Gasteiger partial charge in [-0.05, 0) is 38.3 Å². The minimum absolute atomic E-state index is 0.00431. The van der Waals surface area contributed by atoms with Gasteiger partial charge in [-0.1, -0.05) is 29.8 Å². The summed E-state index contributed by atoms with van der Waals surface area (Å²) in [5, 5.41) is 9.54. The third-order valence-electron chi connectivity index (χ3n) is 4.13. The van der Waals surface area contributed by atoms with Gasteiger partial charge in [0.2, 0.25) is 5.91 Å². The first kappa shape index (κ1) is 15.8. The van der Waals surface area contributed by atoms with E-state index in [0.717, 1.165) is 18.4 Å². The van der Waals surface area contributed by atoms with Crippen LogP contribution in [0.4, 0.5) is 0 Å². The van der Waals surface area contributed by atoms with Crippen LogP contribution in [0.5, 0.6) is 0 Å². The highest BCUT2D eigenvalue weighted by Crippen LogP contribution is 2.34. The van der Waals surface area contributed by atoms with E-state index in [1.54, 1.807) is 11.0 Å². The predicted molar refractivity (Wildman–Crippen MR) is 81.5 cm³/mol. The van der Waals surface area contributed by atoms with Gasteiger partial charge < -0.3 is 10.0 Å². The van der Waals surface area contributed by atoms with Crippen LogP contribution in [0, 0.1) is 0 Å². The molecule has 1 atom stereocenters. The van der Waals surface area contributed by atoms with Crippen LogP contribution in [-0.4, -0.2) is 34.5 Å². The van der Waals surface area contributed by atoms with E-state index < -0.39 is 11.4 Å². The van der Waals surface area contributed by atoms with Crippen LogP contribution < -0.4 is 0 Å². The fourth-order valence-corrected chi connectivity index (χ4v) is 3.33. The molecule has 1 aliphatic heterocycles. The number of benzene rings is 1. The second-order valence-corrected chi connectivity index (χ2v) is 6.40. The molecule has 1 N–H and O–H groups in total. The van der Waals surface area contributed by atoms with Gasteiger partial charge in [0.15, 0.2) is 0 Å². The zero-order valence-electron chi connectivity index (χ0n) is 12.3. The molecule has 0 radical (unpaired) electrons. The molecule has 2 rings (SSSR count). The lowest BCUT2D eigenvalue weighted by Crippen LogP contribution is -2.46. The van der Waals surface area contributed by atoms with Crippen molar-refractivity contribution in [3.05, 3.63) is 34.9 Å². The molecule has 0 aliphatic carbocycles. The van der Waals surface area contributed by atoms with Gasteiger partial charge in [0.25, 0.3) is 0 Å². The minimum atomic E-state index is -0.866. The Balaban J connectivity index is 2.25. The van der Waals surface area contributed by atoms with Crippen LogP contribution >= 0.6 is 11.6 Å². The number of carboxylic acid groups (broad SMARTS) is 1. The molecule has 1 heterocycles. The van der Waals surface area contributed by atoms with Crippen molar-refractivity contribution in [3.63, 3.8) is 0 Å². The Morgan fingerprint density at radius 2 is 2.05 bits per heavy atom. The first-order valence-corrected chi connectivity index (χ1v) is 7.49. The summed E-state index contributed by atoms with van der Waals surface area (Å²) in [6, 6.07) is 7.09. The number of carboxylic acids is 1. The van der Waals surface area contributed by atoms with Crippen molar-refractivity contribution in [1.82, 2.24) is 4.90 Å². The van der Waals surface area contributed by atoms with Gasteiger partial charge in [-0.15, -0.1) is 0 Å². The fraction of sp³-hybridized carbons (Fsp3) is 0.500. The molecule has 1 fully saturated rings. The number of rotatable bonds is 4. The molecule has 0 saturated carbocycles. The maximum Gasteiger partial charge on any atom is 0.305 e. The van der Waals surface area contributed by atoms with Gasteiger partial charge in [0.1, 0.15) is 0 Å². The SMILES string of the molecule is CC(C)(C(=O)N1CCCC1CC(=O)O)c1ccccc1Cl. The second-order valence-electron chi connectivity index (χ2n) is 6.00. The Labute approximate surface area is 129 Å². The van der Waals surface area contributed by atoms with E-state index in [1.165, 1.54) is 0 Å². The number of carbonyl (C=O) groups is 2. The van der Waals surface area contributed by atoms with Gasteiger partial charge in [-0.25, -0.2) is 0 Å². The normalized spacial score (nSPS) is 18.8. The molecular weight excluding hydrogens is 290 g/mol. The number of amides is 1. The molecular formula is C16H20ClNO3. The maximum absolute atomic E-state index is 12.9. The molecule has 0 spiro atoms. The highest BCUT2D eigenvalue weighted by molar-refractivity contribution is 6.31. The van der Waals surface area contributed by atoms with Gasteiger partial charge >= 0.3 is 5.97 Å². The summed E-state index contributed by atoms with van der Waals surface area (Å²) in [4.78, 5) is 25.5. The lowest BCUT2D eigenvalue weighted by molar-refractivity contribution is -0.141. The van der Waals surface area contributed by atoms with Crippen molar-refractivity contribution in [2.24, 2.45) is 0 Å². The Bertz CT molecular complexity index is 556. The van der Waals surface area contributed by atoms with E-state index in [0.29, 0.717) is 11.6 Å². The topological polar surface area (TPSA) is 57.6 Å². The first-order chi connectivity index (χ1) is 9.84. The number of likely N-dealkylation sites (tertiary alicyclic amines) is 1. The standard InChI is InChI=1S/C16H20ClNO3/c1-16(2,12-7-3-4-8-13(12)17)15(21)18-9-5-6-11(18)10-14(19)20/h3-4,7-8,11H,5-6,9-10H2,1-2H3,(H,19,20). The van der Waals surface area contributed by atoms with E-state index in [1.807, 2.05) is 32.0 Å². The Kier molecular flexibility index (Phi) is 4.57. The van der Waals surface area contributed by atoms with Gasteiger partial charge in [0.05, 0.1) is 11.8 Å². The van der Waals surface area contributed by atoms with Crippen molar-refractivity contribution >= 4 is 23.5 Å². The minimum Gasteiger partial charge on any atom is -0.481 e. The van der Waals surface area contributed by atoms with Crippen molar-refractivity contribution in [2.45, 2.75) is 44.6 Å². The van der Waals surface area contributed by atoms with E-state index in [4.69, 9.17) is 16.7 Å². The summed E-state index contributed by atoms with van der Waals surface area (Å²) in [5.74, 6) is -0.922. The highest BCUT2D eigenvalue weighted by atomic mass is 35.5. The Morgan fingerprint density at radius 3 is 2.67 bits per heavy atom. The van der Waals surface area contributed by atoms with Gasteiger partial charge in [-0.3, -0.25) is 9.59 Å². The van der Waals surface area contributed by atoms with Crippen LogP contribution in [0.25, 0.3) is 0 Å². The molecule has 5 heteroatoms. The zero-order valence-corrected chi connectivity index (χ0v) is 13.1. The van der Waals surface area contributed by atoms with Crippen molar-refractivity contribution in [1.29, 1.82) is 0 Å². The van der Waals surface area contributed by atoms with E-state index in [2.05, 4.69) is 0 Å². The van der Waals surface area contributed by atoms with Crippen LogP contribution in [0.2, 0.25) is 5.02 Å². The fourth-order valence-electron chi connectivity index (χ4n) is 2.96.